The van der Waals surface area contributed by atoms with Crippen molar-refractivity contribution in [3.63, 3.8) is 0 Å². The standard InChI is InChI=1S/C32H48N4O5/c1-6-8-10-16-28(37)34-27(18-22-19-33-24-15-12-11-13-23(22)24)31(40)35-25(14-9-7-2)30(39)36-26(17-21(3)4)29(38)32(5)20-41-32/h11-13,15,19,21,25-27,33H,6-10,14,16-18,20H2,1-5H3,(H,34,37)(H,35,40)(H,36,39)/t25?,26?,27?,32-/m1/s1. The molecule has 1 aromatic carbocycles. The molecular weight excluding hydrogens is 520 g/mol. The Morgan fingerprint density at radius 1 is 0.927 bits per heavy atom. The molecule has 1 aliphatic heterocycles. The number of para-hydroxylation sites is 1. The first-order chi connectivity index (χ1) is 19.6. The highest BCUT2D eigenvalue weighted by Gasteiger charge is 2.50. The van der Waals surface area contributed by atoms with Gasteiger partial charge in [-0.3, -0.25) is 19.2 Å². The topological polar surface area (TPSA) is 133 Å². The molecule has 9 nitrogen and oxygen atoms in total. The Bertz CT molecular complexity index is 1190. The molecular formula is C32H48N4O5. The predicted molar refractivity (Wildman–Crippen MR) is 160 cm³/mol. The van der Waals surface area contributed by atoms with Gasteiger partial charge in [-0.25, -0.2) is 0 Å². The third-order valence-electron chi connectivity index (χ3n) is 7.68. The van der Waals surface area contributed by atoms with Crippen LogP contribution in [0.25, 0.3) is 10.9 Å². The number of unbranched alkanes of at least 4 members (excludes halogenated alkanes) is 3. The lowest BCUT2D eigenvalue weighted by Gasteiger charge is -2.26. The molecule has 41 heavy (non-hydrogen) atoms. The molecule has 1 aromatic heterocycles. The number of carbonyl (C=O) groups excluding carboxylic acids is 4. The Hall–Kier alpha value is -3.20. The van der Waals surface area contributed by atoms with Crippen molar-refractivity contribution in [2.75, 3.05) is 6.61 Å². The maximum absolute atomic E-state index is 13.7. The van der Waals surface area contributed by atoms with Crippen molar-refractivity contribution in [3.8, 4) is 0 Å². The fourth-order valence-electron chi connectivity index (χ4n) is 5.08. The van der Waals surface area contributed by atoms with E-state index in [0.29, 0.717) is 25.9 Å². The number of Topliss-reactive ketones (excluding diaryl/α,β-unsaturated/α-hetero) is 1. The molecule has 3 amide bonds. The predicted octanol–water partition coefficient (Wildman–Crippen LogP) is 4.34. The fourth-order valence-corrected chi connectivity index (χ4v) is 5.08. The van der Waals surface area contributed by atoms with E-state index in [4.69, 9.17) is 4.74 Å². The van der Waals surface area contributed by atoms with Crippen LogP contribution in [0.5, 0.6) is 0 Å². The van der Waals surface area contributed by atoms with E-state index < -0.39 is 35.5 Å². The number of fused-ring (bicyclic) bond motifs is 1. The smallest absolute Gasteiger partial charge is 0.243 e. The minimum Gasteiger partial charge on any atom is -0.361 e. The van der Waals surface area contributed by atoms with Gasteiger partial charge in [0, 0.05) is 29.9 Å². The average Bonchev–Trinajstić information content (AvgIpc) is 3.57. The summed E-state index contributed by atoms with van der Waals surface area (Å²) in [5.41, 5.74) is 0.997. The molecule has 3 rings (SSSR count). The minimum atomic E-state index is -0.860. The van der Waals surface area contributed by atoms with Crippen LogP contribution in [0.1, 0.15) is 91.5 Å². The SMILES string of the molecule is CCCCCC(=O)NC(Cc1c[nH]c2ccccc12)C(=O)NC(CCCC)C(=O)NC(CC(C)C)C(=O)[C@@]1(C)CO1. The molecule has 226 valence electrons. The summed E-state index contributed by atoms with van der Waals surface area (Å²) in [6.45, 7) is 10.2. The minimum absolute atomic E-state index is 0.142. The van der Waals surface area contributed by atoms with Crippen molar-refractivity contribution >= 4 is 34.4 Å². The molecule has 4 atom stereocenters. The summed E-state index contributed by atoms with van der Waals surface area (Å²) in [6.07, 6.45) is 7.62. The zero-order valence-corrected chi connectivity index (χ0v) is 25.3. The van der Waals surface area contributed by atoms with Gasteiger partial charge in [0.05, 0.1) is 12.6 Å². The van der Waals surface area contributed by atoms with Crippen molar-refractivity contribution in [1.82, 2.24) is 20.9 Å². The number of benzene rings is 1. The van der Waals surface area contributed by atoms with Crippen LogP contribution in [0.2, 0.25) is 0 Å². The van der Waals surface area contributed by atoms with Crippen LogP contribution in [0.4, 0.5) is 0 Å². The van der Waals surface area contributed by atoms with E-state index in [2.05, 4.69) is 27.9 Å². The fraction of sp³-hybridized carbons (Fsp3) is 0.625. The molecule has 0 aliphatic carbocycles. The number of rotatable bonds is 18. The summed E-state index contributed by atoms with van der Waals surface area (Å²) in [4.78, 5) is 56.4. The molecule has 2 heterocycles. The van der Waals surface area contributed by atoms with Crippen LogP contribution in [0.15, 0.2) is 30.5 Å². The number of ether oxygens (including phenoxy) is 1. The molecule has 2 aromatic rings. The summed E-state index contributed by atoms with van der Waals surface area (Å²) >= 11 is 0. The number of hydrogen-bond donors (Lipinski definition) is 4. The summed E-state index contributed by atoms with van der Waals surface area (Å²) < 4.78 is 5.36. The van der Waals surface area contributed by atoms with Gasteiger partial charge < -0.3 is 25.7 Å². The van der Waals surface area contributed by atoms with E-state index in [-0.39, 0.29) is 24.0 Å². The van der Waals surface area contributed by atoms with E-state index in [0.717, 1.165) is 48.6 Å². The summed E-state index contributed by atoms with van der Waals surface area (Å²) in [6, 6.07) is 5.43. The van der Waals surface area contributed by atoms with E-state index in [9.17, 15) is 19.2 Å². The first-order valence-corrected chi connectivity index (χ1v) is 15.2. The second-order valence-electron chi connectivity index (χ2n) is 11.9. The lowest BCUT2D eigenvalue weighted by atomic mass is 9.93. The Kier molecular flexibility index (Phi) is 11.9. The van der Waals surface area contributed by atoms with Gasteiger partial charge in [-0.2, -0.15) is 0 Å². The summed E-state index contributed by atoms with van der Waals surface area (Å²) in [7, 11) is 0. The third-order valence-corrected chi connectivity index (χ3v) is 7.68. The first-order valence-electron chi connectivity index (χ1n) is 15.2. The maximum Gasteiger partial charge on any atom is 0.243 e. The lowest BCUT2D eigenvalue weighted by molar-refractivity contribution is -0.134. The van der Waals surface area contributed by atoms with Crippen LogP contribution in [-0.4, -0.2) is 58.8 Å². The molecule has 1 saturated heterocycles. The lowest BCUT2D eigenvalue weighted by Crippen LogP contribution is -2.57. The first kappa shape index (κ1) is 32.3. The van der Waals surface area contributed by atoms with Gasteiger partial charge in [-0.1, -0.05) is 71.6 Å². The third kappa shape index (κ3) is 9.42. The number of aromatic nitrogens is 1. The van der Waals surface area contributed by atoms with E-state index in [1.807, 2.05) is 51.2 Å². The molecule has 1 fully saturated rings. The number of H-pyrrole nitrogens is 1. The normalized spacial score (nSPS) is 18.5. The number of carbonyl (C=O) groups is 4. The molecule has 1 aliphatic rings. The zero-order valence-electron chi connectivity index (χ0n) is 25.3. The van der Waals surface area contributed by atoms with Crippen molar-refractivity contribution in [2.45, 2.75) is 116 Å². The molecule has 0 radical (unpaired) electrons. The van der Waals surface area contributed by atoms with Crippen LogP contribution in [0.3, 0.4) is 0 Å². The van der Waals surface area contributed by atoms with Crippen molar-refractivity contribution in [3.05, 3.63) is 36.0 Å². The second-order valence-corrected chi connectivity index (χ2v) is 11.9. The Labute approximate surface area is 243 Å². The van der Waals surface area contributed by atoms with Gasteiger partial charge >= 0.3 is 0 Å². The van der Waals surface area contributed by atoms with Crippen LogP contribution >= 0.6 is 0 Å². The highest BCUT2D eigenvalue weighted by Crippen LogP contribution is 2.29. The second kappa shape index (κ2) is 15.1. The van der Waals surface area contributed by atoms with Crippen LogP contribution in [0, 0.1) is 5.92 Å². The molecule has 0 spiro atoms. The Balaban J connectivity index is 1.78. The van der Waals surface area contributed by atoms with Crippen LogP contribution in [-0.2, 0) is 30.3 Å². The monoisotopic (exact) mass is 568 g/mol. The number of hydrogen-bond acceptors (Lipinski definition) is 5. The number of aromatic amines is 1. The van der Waals surface area contributed by atoms with E-state index in [1.165, 1.54) is 0 Å². The number of ketones is 1. The van der Waals surface area contributed by atoms with E-state index in [1.54, 1.807) is 6.92 Å². The molecule has 0 bridgehead atoms. The highest BCUT2D eigenvalue weighted by molar-refractivity contribution is 5.98. The number of epoxide rings is 1. The van der Waals surface area contributed by atoms with Gasteiger partial charge in [0.2, 0.25) is 17.7 Å². The number of nitrogens with one attached hydrogen (secondary N) is 4. The Morgan fingerprint density at radius 3 is 2.24 bits per heavy atom. The maximum atomic E-state index is 13.7. The highest BCUT2D eigenvalue weighted by atomic mass is 16.6. The van der Waals surface area contributed by atoms with Gasteiger partial charge in [0.15, 0.2) is 5.78 Å². The van der Waals surface area contributed by atoms with Crippen molar-refractivity contribution < 1.29 is 23.9 Å². The average molecular weight is 569 g/mol. The zero-order chi connectivity index (χ0) is 30.0. The van der Waals surface area contributed by atoms with Crippen molar-refractivity contribution in [2.24, 2.45) is 5.92 Å². The quantitative estimate of drug-likeness (QED) is 0.157. The molecule has 9 heteroatoms. The summed E-state index contributed by atoms with van der Waals surface area (Å²) in [5, 5.41) is 9.74. The van der Waals surface area contributed by atoms with Gasteiger partial charge in [0.25, 0.3) is 0 Å². The summed E-state index contributed by atoms with van der Waals surface area (Å²) in [5.74, 6) is -0.960. The molecule has 3 unspecified atom stereocenters. The largest absolute Gasteiger partial charge is 0.361 e. The van der Waals surface area contributed by atoms with Gasteiger partial charge in [-0.05, 0) is 43.7 Å². The van der Waals surface area contributed by atoms with Crippen LogP contribution < -0.4 is 16.0 Å². The molecule has 0 saturated carbocycles. The number of amides is 3. The van der Waals surface area contributed by atoms with Gasteiger partial charge in [0.1, 0.15) is 17.7 Å². The van der Waals surface area contributed by atoms with Gasteiger partial charge in [-0.15, -0.1) is 0 Å². The van der Waals surface area contributed by atoms with E-state index >= 15 is 0 Å². The van der Waals surface area contributed by atoms with Crippen molar-refractivity contribution in [1.29, 1.82) is 0 Å². The Morgan fingerprint density at radius 2 is 1.59 bits per heavy atom. The molecule has 4 N–H and O–H groups in total.